The number of aliphatic hydroxyl groups excluding tert-OH is 1. The number of nitrogens with one attached hydrogen (secondary N) is 2. The number of hydrogen-bond donors (Lipinski definition) is 4. The molecule has 0 saturated carbocycles. The van der Waals surface area contributed by atoms with Gasteiger partial charge in [0.1, 0.15) is 12.1 Å². The summed E-state index contributed by atoms with van der Waals surface area (Å²) in [6.07, 6.45) is 57.2. The lowest BCUT2D eigenvalue weighted by atomic mass is 10.0. The zero-order chi connectivity index (χ0) is 45.4. The van der Waals surface area contributed by atoms with E-state index in [1.54, 1.807) is 0 Å². The summed E-state index contributed by atoms with van der Waals surface area (Å²) in [6.45, 7) is 3.47. The largest absolute Gasteiger partial charge is 0.480 e. The Kier molecular flexibility index (Phi) is 44.8. The summed E-state index contributed by atoms with van der Waals surface area (Å²) in [5.74, 6) is -2.32. The molecule has 0 aromatic carbocycles. The molecule has 9 nitrogen and oxygen atoms in total. The molecule has 9 heteroatoms. The van der Waals surface area contributed by atoms with Gasteiger partial charge in [-0.2, -0.15) is 0 Å². The molecule has 0 aliphatic heterocycles. The van der Waals surface area contributed by atoms with Crippen LogP contribution in [0.3, 0.4) is 0 Å². The minimum atomic E-state index is -1.39. The standard InChI is InChI=1S/C53H94N2O7/c1-3-5-7-9-11-13-15-17-18-19-20-21-22-23-24-26-28-30-32-37-41-45-52(59)62-48(42-38-34-31-29-27-25-16-14-12-10-8-6-4-2)43-39-35-33-36-40-44-50(57)54-46-51(58)55-49(47-56)53(60)61/h15-17,19-20,25,29,31,48-49,56H,3-14,18,21-24,26-28,30,32-47H2,1-2H3,(H,54,57)(H,55,58)(H,60,61)/b17-15-,20-19-,25-16-,31-29-. The van der Waals surface area contributed by atoms with Gasteiger partial charge >= 0.3 is 11.9 Å². The topological polar surface area (TPSA) is 142 Å². The third-order valence-corrected chi connectivity index (χ3v) is 11.3. The van der Waals surface area contributed by atoms with E-state index >= 15 is 0 Å². The molecule has 0 heterocycles. The summed E-state index contributed by atoms with van der Waals surface area (Å²) in [4.78, 5) is 47.8. The number of unbranched alkanes of at least 4 members (excludes halogenated alkanes) is 24. The fraction of sp³-hybridized carbons (Fsp3) is 0.774. The van der Waals surface area contributed by atoms with E-state index in [0.717, 1.165) is 77.0 Å². The molecule has 0 aromatic heterocycles. The fourth-order valence-corrected chi connectivity index (χ4v) is 7.37. The normalized spacial score (nSPS) is 12.8. The lowest BCUT2D eigenvalue weighted by molar-refractivity contribution is -0.150. The summed E-state index contributed by atoms with van der Waals surface area (Å²) in [6, 6.07) is -1.39. The van der Waals surface area contributed by atoms with Crippen LogP contribution < -0.4 is 10.6 Å². The van der Waals surface area contributed by atoms with Gasteiger partial charge in [-0.05, 0) is 96.3 Å². The Labute approximate surface area is 379 Å². The highest BCUT2D eigenvalue weighted by molar-refractivity contribution is 5.87. The van der Waals surface area contributed by atoms with Crippen molar-refractivity contribution in [1.82, 2.24) is 10.6 Å². The molecule has 0 aromatic rings. The van der Waals surface area contributed by atoms with Crippen LogP contribution in [0.4, 0.5) is 0 Å². The number of aliphatic carboxylic acids is 1. The molecule has 0 aliphatic rings. The van der Waals surface area contributed by atoms with Gasteiger partial charge in [0.15, 0.2) is 0 Å². The molecule has 2 unspecified atom stereocenters. The molecule has 0 spiro atoms. The first kappa shape index (κ1) is 58.8. The van der Waals surface area contributed by atoms with Gasteiger partial charge in [0.2, 0.25) is 11.8 Å². The summed E-state index contributed by atoms with van der Waals surface area (Å²) >= 11 is 0. The average Bonchev–Trinajstić information content (AvgIpc) is 3.26. The monoisotopic (exact) mass is 871 g/mol. The number of esters is 1. The Morgan fingerprint density at radius 3 is 1.35 bits per heavy atom. The second kappa shape index (κ2) is 47.3. The Morgan fingerprint density at radius 2 is 0.887 bits per heavy atom. The molecular weight excluding hydrogens is 777 g/mol. The number of carboxylic acid groups (broad SMARTS) is 1. The fourth-order valence-electron chi connectivity index (χ4n) is 7.37. The number of hydrogen-bond acceptors (Lipinski definition) is 6. The summed E-state index contributed by atoms with van der Waals surface area (Å²) in [7, 11) is 0. The van der Waals surface area contributed by atoms with Crippen molar-refractivity contribution in [3.05, 3.63) is 48.6 Å². The molecule has 62 heavy (non-hydrogen) atoms. The smallest absolute Gasteiger partial charge is 0.328 e. The maximum absolute atomic E-state index is 12.9. The zero-order valence-electron chi connectivity index (χ0n) is 39.9. The number of rotatable bonds is 46. The first-order chi connectivity index (χ1) is 30.3. The van der Waals surface area contributed by atoms with Crippen LogP contribution in [0.15, 0.2) is 48.6 Å². The molecule has 0 radical (unpaired) electrons. The van der Waals surface area contributed by atoms with E-state index < -0.39 is 24.5 Å². The van der Waals surface area contributed by atoms with E-state index in [9.17, 15) is 19.2 Å². The van der Waals surface area contributed by atoms with E-state index in [0.29, 0.717) is 12.8 Å². The third-order valence-electron chi connectivity index (χ3n) is 11.3. The van der Waals surface area contributed by atoms with Gasteiger partial charge in [-0.25, -0.2) is 4.79 Å². The van der Waals surface area contributed by atoms with E-state index in [2.05, 4.69) is 73.1 Å². The van der Waals surface area contributed by atoms with E-state index in [1.807, 2.05) is 0 Å². The van der Waals surface area contributed by atoms with Crippen molar-refractivity contribution in [1.29, 1.82) is 0 Å². The van der Waals surface area contributed by atoms with E-state index in [-0.39, 0.29) is 30.9 Å². The number of amides is 2. The van der Waals surface area contributed by atoms with Crippen LogP contribution in [0.2, 0.25) is 0 Å². The predicted octanol–water partition coefficient (Wildman–Crippen LogP) is 13.5. The van der Waals surface area contributed by atoms with Crippen LogP contribution in [0.5, 0.6) is 0 Å². The second-order valence-electron chi connectivity index (χ2n) is 17.3. The van der Waals surface area contributed by atoms with Gasteiger partial charge in [-0.3, -0.25) is 14.4 Å². The van der Waals surface area contributed by atoms with Crippen LogP contribution in [0.25, 0.3) is 0 Å². The number of aliphatic hydroxyl groups is 1. The Bertz CT molecular complexity index is 1180. The highest BCUT2D eigenvalue weighted by atomic mass is 16.5. The van der Waals surface area contributed by atoms with Gasteiger partial charge in [0.05, 0.1) is 13.2 Å². The quantitative estimate of drug-likeness (QED) is 0.0271. The van der Waals surface area contributed by atoms with Crippen molar-refractivity contribution in [3.8, 4) is 0 Å². The van der Waals surface area contributed by atoms with Crippen molar-refractivity contribution in [2.24, 2.45) is 0 Å². The van der Waals surface area contributed by atoms with Crippen LogP contribution in [0.1, 0.15) is 239 Å². The summed E-state index contributed by atoms with van der Waals surface area (Å²) < 4.78 is 6.04. The van der Waals surface area contributed by atoms with Gasteiger partial charge in [-0.1, -0.05) is 178 Å². The molecule has 0 saturated heterocycles. The van der Waals surface area contributed by atoms with Crippen LogP contribution in [-0.2, 0) is 23.9 Å². The highest BCUT2D eigenvalue weighted by Gasteiger charge is 2.19. The second-order valence-corrected chi connectivity index (χ2v) is 17.3. The summed E-state index contributed by atoms with van der Waals surface area (Å²) in [5, 5.41) is 22.6. The molecule has 0 fully saturated rings. The Hall–Kier alpha value is -3.20. The number of carbonyl (C=O) groups is 4. The zero-order valence-corrected chi connectivity index (χ0v) is 39.9. The number of ether oxygens (including phenoxy) is 1. The first-order valence-corrected chi connectivity index (χ1v) is 25.5. The molecule has 2 amide bonds. The Balaban J connectivity index is 4.31. The minimum Gasteiger partial charge on any atom is -0.480 e. The van der Waals surface area contributed by atoms with Crippen LogP contribution in [0, 0.1) is 0 Å². The van der Waals surface area contributed by atoms with Crippen LogP contribution >= 0.6 is 0 Å². The van der Waals surface area contributed by atoms with Gasteiger partial charge in [-0.15, -0.1) is 0 Å². The average molecular weight is 871 g/mol. The van der Waals surface area contributed by atoms with Gasteiger partial charge in [0.25, 0.3) is 0 Å². The molecule has 0 bridgehead atoms. The lowest BCUT2D eigenvalue weighted by Gasteiger charge is -2.18. The third kappa shape index (κ3) is 43.4. The van der Waals surface area contributed by atoms with Crippen molar-refractivity contribution >= 4 is 23.8 Å². The number of carboxylic acids is 1. The molecular formula is C53H94N2O7. The Morgan fingerprint density at radius 1 is 0.484 bits per heavy atom. The van der Waals surface area contributed by atoms with Crippen LogP contribution in [-0.4, -0.2) is 59.3 Å². The SMILES string of the molecule is CCCCCCC/C=C\C/C=C\CCCCCCCCCCCC(=O)OC(CCC/C=C\C/C=C\CCCCCCC)CCCCCCCC(=O)NCC(=O)NC(CO)C(=O)O. The summed E-state index contributed by atoms with van der Waals surface area (Å²) in [5.41, 5.74) is 0. The molecule has 0 rings (SSSR count). The van der Waals surface area contributed by atoms with Crippen molar-refractivity contribution in [2.75, 3.05) is 13.2 Å². The van der Waals surface area contributed by atoms with Crippen molar-refractivity contribution in [3.63, 3.8) is 0 Å². The van der Waals surface area contributed by atoms with E-state index in [1.165, 1.54) is 128 Å². The van der Waals surface area contributed by atoms with Crippen molar-refractivity contribution in [2.45, 2.75) is 251 Å². The maximum Gasteiger partial charge on any atom is 0.328 e. The van der Waals surface area contributed by atoms with Gasteiger partial charge in [0, 0.05) is 12.8 Å². The molecule has 0 aliphatic carbocycles. The lowest BCUT2D eigenvalue weighted by Crippen LogP contribution is -2.47. The first-order valence-electron chi connectivity index (χ1n) is 25.5. The van der Waals surface area contributed by atoms with Gasteiger partial charge < -0.3 is 25.6 Å². The van der Waals surface area contributed by atoms with Crippen molar-refractivity contribution < 1.29 is 34.1 Å². The molecule has 2 atom stereocenters. The maximum atomic E-state index is 12.9. The van der Waals surface area contributed by atoms with E-state index in [4.69, 9.17) is 14.9 Å². The minimum absolute atomic E-state index is 0.0609. The molecule has 4 N–H and O–H groups in total. The number of allylic oxidation sites excluding steroid dienone is 8. The highest BCUT2D eigenvalue weighted by Crippen LogP contribution is 2.18. The predicted molar refractivity (Wildman–Crippen MR) is 259 cm³/mol. The molecule has 358 valence electrons. The number of carbonyl (C=O) groups excluding carboxylic acids is 3.